The van der Waals surface area contributed by atoms with Gasteiger partial charge < -0.3 is 23.5 Å². The summed E-state index contributed by atoms with van der Waals surface area (Å²) in [5, 5.41) is 0.204. The Bertz CT molecular complexity index is 2090. The second kappa shape index (κ2) is 23.0. The highest BCUT2D eigenvalue weighted by Gasteiger charge is 2.45. The number of esters is 1. The number of hydrogen-bond donors (Lipinski definition) is 0. The average molecular weight is 942 g/mol. The van der Waals surface area contributed by atoms with E-state index in [0.29, 0.717) is 59.2 Å². The molecule has 0 radical (unpaired) electrons. The molecule has 17 heteroatoms. The first-order chi connectivity index (χ1) is 29.0. The molecule has 6 rings (SSSR count). The molecule has 1 aromatic heterocycles. The molecule has 1 saturated heterocycles. The van der Waals surface area contributed by atoms with Crippen LogP contribution in [0, 0.1) is 6.92 Å². The summed E-state index contributed by atoms with van der Waals surface area (Å²) in [5.74, 6) is -1.06. The van der Waals surface area contributed by atoms with Crippen LogP contribution in [0.3, 0.4) is 0 Å². The number of nitrogens with zero attached hydrogens (tertiary/aromatic N) is 3. The molecule has 0 bridgehead atoms. The molecule has 61 heavy (non-hydrogen) atoms. The predicted molar refractivity (Wildman–Crippen MR) is 239 cm³/mol. The zero-order valence-corrected chi connectivity index (χ0v) is 38.7. The normalized spacial score (nSPS) is 17.1. The number of furan rings is 1. The second-order valence-corrected chi connectivity index (χ2v) is 16.5. The minimum Gasteiger partial charge on any atom is -0.467 e. The number of ether oxygens (including phenoxy) is 3. The van der Waals surface area contributed by atoms with Gasteiger partial charge in [-0.1, -0.05) is 71.5 Å². The number of hydrogen-bond acceptors (Lipinski definition) is 9. The van der Waals surface area contributed by atoms with Crippen molar-refractivity contribution in [3.63, 3.8) is 0 Å². The van der Waals surface area contributed by atoms with E-state index in [-0.39, 0.29) is 54.0 Å². The number of aryl methyl sites for hydroxylation is 2. The topological polar surface area (TPSA) is 136 Å². The molecule has 2 aromatic carbocycles. The molecule has 1 unspecified atom stereocenters. The van der Waals surface area contributed by atoms with Crippen molar-refractivity contribution in [3.8, 4) is 0 Å². The fourth-order valence-electron chi connectivity index (χ4n) is 6.99. The SMILES string of the molecule is CC1(C)OC(c2ccco2)CN1C(=O)C(Cl)Cl.CCOC(=O)/C(Cl)=C/c1cc(N2C(=O)C3=C(CCCC3)C2=O)ccc1Cl.CCOCN(C(=O)CCl)c1c(C)cccc1CC. The highest BCUT2D eigenvalue weighted by atomic mass is 35.5. The van der Waals surface area contributed by atoms with Crippen molar-refractivity contribution in [2.45, 2.75) is 90.3 Å². The van der Waals surface area contributed by atoms with E-state index in [0.717, 1.165) is 36.1 Å². The Balaban J connectivity index is 0.000000208. The van der Waals surface area contributed by atoms with Crippen molar-refractivity contribution < 1.29 is 42.6 Å². The van der Waals surface area contributed by atoms with Crippen molar-refractivity contribution in [3.05, 3.63) is 98.4 Å². The van der Waals surface area contributed by atoms with Gasteiger partial charge in [-0.2, -0.15) is 0 Å². The Labute approximate surface area is 381 Å². The quantitative estimate of drug-likeness (QED) is 0.0572. The van der Waals surface area contributed by atoms with E-state index in [1.807, 2.05) is 38.1 Å². The molecule has 3 aliphatic rings. The second-order valence-electron chi connectivity index (χ2n) is 14.4. The zero-order valence-electron chi connectivity index (χ0n) is 34.9. The number of carbonyl (C=O) groups is 5. The van der Waals surface area contributed by atoms with Crippen LogP contribution in [0.4, 0.5) is 11.4 Å². The van der Waals surface area contributed by atoms with Crippen molar-refractivity contribution in [1.29, 1.82) is 0 Å². The Morgan fingerprint density at radius 1 is 0.984 bits per heavy atom. The third-order valence-corrected chi connectivity index (χ3v) is 11.1. The van der Waals surface area contributed by atoms with E-state index >= 15 is 0 Å². The van der Waals surface area contributed by atoms with Gasteiger partial charge in [0.1, 0.15) is 35.2 Å². The minimum absolute atomic E-state index is 0.0371. The summed E-state index contributed by atoms with van der Waals surface area (Å²) in [6.07, 6.45) is 6.61. The molecular formula is C44H50Cl5N3O9. The molecule has 1 fully saturated rings. The van der Waals surface area contributed by atoms with Gasteiger partial charge >= 0.3 is 5.97 Å². The third-order valence-electron chi connectivity index (χ3n) is 9.94. The highest BCUT2D eigenvalue weighted by Crippen LogP contribution is 2.38. The van der Waals surface area contributed by atoms with E-state index in [2.05, 4.69) is 6.92 Å². The molecule has 12 nitrogen and oxygen atoms in total. The number of para-hydroxylation sites is 1. The molecular weight excluding hydrogens is 892 g/mol. The van der Waals surface area contributed by atoms with E-state index in [1.165, 1.54) is 15.9 Å². The lowest BCUT2D eigenvalue weighted by atomic mass is 9.93. The molecule has 4 amide bonds. The molecule has 330 valence electrons. The van der Waals surface area contributed by atoms with Crippen LogP contribution >= 0.6 is 58.0 Å². The van der Waals surface area contributed by atoms with Crippen LogP contribution in [0.2, 0.25) is 5.02 Å². The standard InChI is InChI=1S/C19H17Cl2NO4.C14H20ClNO2.C11H13Cl2NO3/c1-2-26-19(25)16(21)10-11-9-12(7-8-15(11)20)22-17(23)13-5-3-4-6-14(13)18(22)24;1-4-12-8-6-7-11(3)14(12)16(10-18-5-2)13(17)9-15;1-11(2)14(10(15)9(12)13)6-8(17-11)7-4-3-5-16-7/h7-10H,2-6H2,1H3;6-8H,4-5,9-10H2,1-3H3;3-5,8-9H,6H2,1-2H3/b16-10-;;. The summed E-state index contributed by atoms with van der Waals surface area (Å²) < 4.78 is 21.3. The first-order valence-electron chi connectivity index (χ1n) is 19.8. The average Bonchev–Trinajstić information content (AvgIpc) is 3.96. The molecule has 0 N–H and O–H groups in total. The van der Waals surface area contributed by atoms with Crippen molar-refractivity contribution in [1.82, 2.24) is 4.90 Å². The Kier molecular flexibility index (Phi) is 18.8. The summed E-state index contributed by atoms with van der Waals surface area (Å²) in [6, 6.07) is 14.4. The summed E-state index contributed by atoms with van der Waals surface area (Å²) >= 11 is 29.0. The monoisotopic (exact) mass is 939 g/mol. The van der Waals surface area contributed by atoms with Gasteiger partial charge in [-0.05, 0) is 120 Å². The maximum absolute atomic E-state index is 12.7. The van der Waals surface area contributed by atoms with Crippen molar-refractivity contribution in [2.75, 3.05) is 42.2 Å². The number of anilines is 2. The van der Waals surface area contributed by atoms with Crippen LogP contribution in [-0.2, 0) is 44.6 Å². The zero-order chi connectivity index (χ0) is 45.0. The third kappa shape index (κ3) is 12.4. The smallest absolute Gasteiger partial charge is 0.349 e. The number of halogens is 5. The number of rotatable bonds is 12. The van der Waals surface area contributed by atoms with Gasteiger partial charge in [-0.15, -0.1) is 11.6 Å². The van der Waals surface area contributed by atoms with Crippen molar-refractivity contribution in [2.24, 2.45) is 0 Å². The summed E-state index contributed by atoms with van der Waals surface area (Å²) in [6.45, 7) is 12.6. The lowest BCUT2D eigenvalue weighted by molar-refractivity contribution is -0.144. The van der Waals surface area contributed by atoms with Gasteiger partial charge in [-0.3, -0.25) is 24.1 Å². The number of carbonyl (C=O) groups excluding carboxylic acids is 5. The number of imide groups is 1. The first kappa shape index (κ1) is 49.8. The Morgan fingerprint density at radius 2 is 1.66 bits per heavy atom. The lowest BCUT2D eigenvalue weighted by Gasteiger charge is -2.29. The van der Waals surface area contributed by atoms with Crippen LogP contribution in [0.25, 0.3) is 6.08 Å². The molecule has 3 heterocycles. The van der Waals surface area contributed by atoms with E-state index in [9.17, 15) is 24.0 Å². The lowest BCUT2D eigenvalue weighted by Crippen LogP contribution is -2.45. The van der Waals surface area contributed by atoms with Crippen LogP contribution in [0.5, 0.6) is 0 Å². The molecule has 0 spiro atoms. The van der Waals surface area contributed by atoms with E-state index in [4.69, 9.17) is 76.6 Å². The summed E-state index contributed by atoms with van der Waals surface area (Å²) in [7, 11) is 0. The molecule has 3 aromatic rings. The summed E-state index contributed by atoms with van der Waals surface area (Å²) in [5.41, 5.74) is 4.43. The minimum atomic E-state index is -1.08. The largest absolute Gasteiger partial charge is 0.467 e. The van der Waals surface area contributed by atoms with Gasteiger partial charge in [0.2, 0.25) is 5.91 Å². The van der Waals surface area contributed by atoms with Gasteiger partial charge in [0, 0.05) is 22.8 Å². The molecule has 1 aliphatic carbocycles. The van der Waals surface area contributed by atoms with Gasteiger partial charge in [-0.25, -0.2) is 9.69 Å². The molecule has 2 aliphatic heterocycles. The predicted octanol–water partition coefficient (Wildman–Crippen LogP) is 10.1. The Hall–Kier alpha value is -3.88. The van der Waals surface area contributed by atoms with Crippen molar-refractivity contribution >= 4 is 105 Å². The van der Waals surface area contributed by atoms with Gasteiger partial charge in [0.15, 0.2) is 4.84 Å². The maximum Gasteiger partial charge on any atom is 0.349 e. The molecule has 1 atom stereocenters. The first-order valence-corrected chi connectivity index (χ1v) is 21.9. The van der Waals surface area contributed by atoms with Crippen LogP contribution in [-0.4, -0.2) is 77.4 Å². The maximum atomic E-state index is 12.7. The fourth-order valence-corrected chi connectivity index (χ4v) is 7.71. The van der Waals surface area contributed by atoms with Crippen LogP contribution in [0.1, 0.15) is 88.9 Å². The fraction of sp³-hybridized carbons (Fsp3) is 0.432. The van der Waals surface area contributed by atoms with Gasteiger partial charge in [0.05, 0.1) is 30.8 Å². The number of alkyl halides is 3. The molecule has 0 saturated carbocycles. The summed E-state index contributed by atoms with van der Waals surface area (Å²) in [4.78, 5) is 64.0. The van der Waals surface area contributed by atoms with Crippen LogP contribution < -0.4 is 9.80 Å². The highest BCUT2D eigenvalue weighted by molar-refractivity contribution is 6.53. The number of amides is 4. The van der Waals surface area contributed by atoms with E-state index in [1.54, 1.807) is 56.2 Å². The van der Waals surface area contributed by atoms with Gasteiger partial charge in [0.25, 0.3) is 17.7 Å². The number of benzene rings is 2. The van der Waals surface area contributed by atoms with E-state index < -0.39 is 16.5 Å². The Morgan fingerprint density at radius 3 is 2.21 bits per heavy atom. The van der Waals surface area contributed by atoms with Crippen LogP contribution in [0.15, 0.2) is 75.4 Å².